The highest BCUT2D eigenvalue weighted by atomic mass is 79.9. The maximum atomic E-state index is 12.5. The molecule has 2 heteroatoms. The van der Waals surface area contributed by atoms with Crippen LogP contribution in [0.3, 0.4) is 0 Å². The Labute approximate surface area is 83.4 Å². The quantitative estimate of drug-likeness (QED) is 0.345. The zero-order valence-corrected chi connectivity index (χ0v) is 9.37. The fraction of sp³-hybridized carbons (Fsp3) is 0.800. The van der Waals surface area contributed by atoms with Gasteiger partial charge in [-0.05, 0) is 34.3 Å². The molecule has 0 rings (SSSR count). The molecular weight excluding hydrogens is 219 g/mol. The van der Waals surface area contributed by atoms with Crippen LogP contribution < -0.4 is 0 Å². The second-order valence-corrected chi connectivity index (χ2v) is 3.93. The first kappa shape index (κ1) is 12.2. The van der Waals surface area contributed by atoms with Crippen molar-refractivity contribution in [1.29, 1.82) is 0 Å². The molecule has 1 unspecified atom stereocenters. The summed E-state index contributed by atoms with van der Waals surface area (Å²) in [7, 11) is 0. The van der Waals surface area contributed by atoms with E-state index in [9.17, 15) is 4.39 Å². The van der Waals surface area contributed by atoms with Crippen LogP contribution in [0.4, 0.5) is 4.39 Å². The zero-order valence-electron chi connectivity index (χ0n) is 7.78. The highest BCUT2D eigenvalue weighted by Crippen LogP contribution is 2.18. The van der Waals surface area contributed by atoms with Crippen molar-refractivity contribution >= 4 is 15.9 Å². The lowest BCUT2D eigenvalue weighted by Gasteiger charge is -2.04. The Morgan fingerprint density at radius 2 is 1.92 bits per heavy atom. The van der Waals surface area contributed by atoms with Crippen molar-refractivity contribution in [1.82, 2.24) is 0 Å². The number of alkyl halides is 2. The minimum Gasteiger partial charge on any atom is -0.230 e. The molecule has 0 spiro atoms. The monoisotopic (exact) mass is 236 g/mol. The molecule has 0 bridgehead atoms. The number of allylic oxidation sites excluding steroid dienone is 1. The third-order valence-corrected chi connectivity index (χ3v) is 2.56. The van der Waals surface area contributed by atoms with E-state index in [1.807, 2.05) is 0 Å². The molecule has 0 amide bonds. The first-order chi connectivity index (χ1) is 5.68. The van der Waals surface area contributed by atoms with E-state index in [4.69, 9.17) is 0 Å². The van der Waals surface area contributed by atoms with Gasteiger partial charge in [0.25, 0.3) is 0 Å². The molecule has 0 aromatic carbocycles. The minimum atomic E-state index is -1.01. The highest BCUT2D eigenvalue weighted by Gasteiger charge is 2.04. The predicted molar refractivity (Wildman–Crippen MR) is 56.3 cm³/mol. The average molecular weight is 237 g/mol. The Hall–Kier alpha value is 0.150. The van der Waals surface area contributed by atoms with Crippen molar-refractivity contribution in [3.8, 4) is 0 Å². The van der Waals surface area contributed by atoms with Crippen LogP contribution in [-0.2, 0) is 0 Å². The fourth-order valence-electron chi connectivity index (χ4n) is 1.06. The first-order valence-electron chi connectivity index (χ1n) is 4.64. The van der Waals surface area contributed by atoms with Crippen LogP contribution in [0.15, 0.2) is 12.2 Å². The van der Waals surface area contributed by atoms with E-state index in [0.717, 1.165) is 12.8 Å². The Balaban J connectivity index is 3.14. The molecule has 0 saturated heterocycles. The summed E-state index contributed by atoms with van der Waals surface area (Å²) in [6, 6.07) is 0. The van der Waals surface area contributed by atoms with Gasteiger partial charge in [-0.1, -0.05) is 39.2 Å². The van der Waals surface area contributed by atoms with E-state index < -0.39 is 5.08 Å². The van der Waals surface area contributed by atoms with Crippen LogP contribution in [0.25, 0.3) is 0 Å². The van der Waals surface area contributed by atoms with E-state index in [1.165, 1.54) is 25.7 Å². The van der Waals surface area contributed by atoms with Gasteiger partial charge in [0.15, 0.2) is 5.08 Å². The predicted octanol–water partition coefficient (Wildman–Crippen LogP) is 4.59. The summed E-state index contributed by atoms with van der Waals surface area (Å²) < 4.78 is 12.5. The smallest absolute Gasteiger partial charge is 0.175 e. The average Bonchev–Trinajstić information content (AvgIpc) is 2.03. The second-order valence-electron chi connectivity index (χ2n) is 3.12. The fourth-order valence-corrected chi connectivity index (χ4v) is 1.29. The molecule has 0 aromatic rings. The van der Waals surface area contributed by atoms with Gasteiger partial charge >= 0.3 is 0 Å². The van der Waals surface area contributed by atoms with Gasteiger partial charge in [-0.25, -0.2) is 4.39 Å². The van der Waals surface area contributed by atoms with Crippen molar-refractivity contribution in [2.24, 2.45) is 0 Å². The number of hydrogen-bond acceptors (Lipinski definition) is 0. The number of rotatable bonds is 7. The molecule has 0 aliphatic rings. The standard InChI is InChI=1S/C10H18BrF/c1-3-4-5-6-7-8-9(2)10(11)12/h10H,2-8H2,1H3. The van der Waals surface area contributed by atoms with Crippen LogP contribution in [0.5, 0.6) is 0 Å². The maximum absolute atomic E-state index is 12.5. The molecule has 72 valence electrons. The van der Waals surface area contributed by atoms with Gasteiger partial charge in [0.1, 0.15) is 0 Å². The van der Waals surface area contributed by atoms with Crippen LogP contribution in [-0.4, -0.2) is 5.08 Å². The number of hydrogen-bond donors (Lipinski definition) is 0. The normalized spacial score (nSPS) is 12.9. The molecule has 12 heavy (non-hydrogen) atoms. The van der Waals surface area contributed by atoms with Crippen LogP contribution in [0.2, 0.25) is 0 Å². The van der Waals surface area contributed by atoms with Crippen molar-refractivity contribution in [3.05, 3.63) is 12.2 Å². The third kappa shape index (κ3) is 6.84. The molecule has 0 nitrogen and oxygen atoms in total. The van der Waals surface area contributed by atoms with Crippen LogP contribution in [0, 0.1) is 0 Å². The van der Waals surface area contributed by atoms with E-state index in [2.05, 4.69) is 29.4 Å². The molecule has 0 N–H and O–H groups in total. The maximum Gasteiger partial charge on any atom is 0.175 e. The summed E-state index contributed by atoms with van der Waals surface area (Å²) in [5.41, 5.74) is 0.673. The number of halogens is 2. The summed E-state index contributed by atoms with van der Waals surface area (Å²) in [5.74, 6) is 0. The van der Waals surface area contributed by atoms with Crippen molar-refractivity contribution in [2.75, 3.05) is 0 Å². The molecule has 0 aliphatic heterocycles. The zero-order chi connectivity index (χ0) is 9.40. The first-order valence-corrected chi connectivity index (χ1v) is 5.56. The molecule has 1 atom stereocenters. The summed E-state index contributed by atoms with van der Waals surface area (Å²) in [4.78, 5) is 0. The van der Waals surface area contributed by atoms with E-state index >= 15 is 0 Å². The van der Waals surface area contributed by atoms with E-state index in [1.54, 1.807) is 0 Å². The van der Waals surface area contributed by atoms with E-state index in [-0.39, 0.29) is 0 Å². The van der Waals surface area contributed by atoms with Crippen molar-refractivity contribution in [3.63, 3.8) is 0 Å². The number of unbranched alkanes of at least 4 members (excludes halogenated alkanes) is 4. The molecular formula is C10H18BrF. The molecule has 0 heterocycles. The molecule has 0 saturated carbocycles. The Kier molecular flexibility index (Phi) is 7.88. The summed E-state index contributed by atoms with van der Waals surface area (Å²) >= 11 is 2.86. The van der Waals surface area contributed by atoms with Crippen LogP contribution in [0.1, 0.15) is 45.4 Å². The molecule has 0 aromatic heterocycles. The second kappa shape index (κ2) is 7.78. The molecule has 0 fully saturated rings. The van der Waals surface area contributed by atoms with Gasteiger partial charge in [-0.15, -0.1) is 0 Å². The van der Waals surface area contributed by atoms with E-state index in [0.29, 0.717) is 5.57 Å². The van der Waals surface area contributed by atoms with Gasteiger partial charge in [-0.2, -0.15) is 0 Å². The lowest BCUT2D eigenvalue weighted by molar-refractivity contribution is 0.492. The third-order valence-electron chi connectivity index (χ3n) is 1.91. The Bertz CT molecular complexity index is 121. The SMILES string of the molecule is C=C(CCCCCCC)C(F)Br. The lowest BCUT2D eigenvalue weighted by Crippen LogP contribution is -1.92. The Morgan fingerprint density at radius 1 is 1.33 bits per heavy atom. The summed E-state index contributed by atoms with van der Waals surface area (Å²) in [6.07, 6.45) is 6.90. The van der Waals surface area contributed by atoms with Gasteiger partial charge in [0.2, 0.25) is 0 Å². The van der Waals surface area contributed by atoms with Gasteiger partial charge < -0.3 is 0 Å². The topological polar surface area (TPSA) is 0 Å². The molecule has 0 radical (unpaired) electrons. The van der Waals surface area contributed by atoms with Crippen LogP contribution >= 0.6 is 15.9 Å². The summed E-state index contributed by atoms with van der Waals surface area (Å²) in [6.45, 7) is 5.84. The highest BCUT2D eigenvalue weighted by molar-refractivity contribution is 9.09. The Morgan fingerprint density at radius 3 is 2.42 bits per heavy atom. The van der Waals surface area contributed by atoms with Gasteiger partial charge in [-0.3, -0.25) is 0 Å². The largest absolute Gasteiger partial charge is 0.230 e. The van der Waals surface area contributed by atoms with Gasteiger partial charge in [0.05, 0.1) is 0 Å². The van der Waals surface area contributed by atoms with Crippen molar-refractivity contribution < 1.29 is 4.39 Å². The van der Waals surface area contributed by atoms with Gasteiger partial charge in [0, 0.05) is 0 Å². The summed E-state index contributed by atoms with van der Waals surface area (Å²) in [5, 5.41) is -1.01. The minimum absolute atomic E-state index is 0.673. The molecule has 0 aliphatic carbocycles. The lowest BCUT2D eigenvalue weighted by atomic mass is 10.1. The van der Waals surface area contributed by atoms with Crippen molar-refractivity contribution in [2.45, 2.75) is 50.5 Å².